The molecule has 18 heavy (non-hydrogen) atoms. The average Bonchev–Trinajstić information content (AvgIpc) is 3.24. The average molecular weight is 284 g/mol. The molecule has 0 heterocycles. The Bertz CT molecular complexity index is 426. The van der Waals surface area contributed by atoms with Crippen LogP contribution in [-0.4, -0.2) is 7.05 Å². The topological polar surface area (TPSA) is 12.0 Å². The van der Waals surface area contributed by atoms with Crippen molar-refractivity contribution in [1.82, 2.24) is 5.32 Å². The predicted molar refractivity (Wildman–Crippen MR) is 77.2 cm³/mol. The first-order valence-corrected chi connectivity index (χ1v) is 7.59. The lowest BCUT2D eigenvalue weighted by Crippen LogP contribution is -2.28. The summed E-state index contributed by atoms with van der Waals surface area (Å²) in [5, 5.41) is 4.88. The molecular weight excluding hydrogens is 265 g/mol. The van der Waals surface area contributed by atoms with Crippen LogP contribution in [0.1, 0.15) is 37.3 Å². The molecule has 1 nitrogen and oxygen atoms in total. The van der Waals surface area contributed by atoms with Gasteiger partial charge in [0, 0.05) is 6.04 Å². The number of halogens is 2. The SMILES string of the molecule is CNC(c1cccc(Cl)c1Cl)C(C1CC1)C1CC1. The van der Waals surface area contributed by atoms with Crippen LogP contribution in [0.4, 0.5) is 0 Å². The maximum Gasteiger partial charge on any atom is 0.0640 e. The minimum Gasteiger partial charge on any atom is -0.313 e. The molecule has 3 rings (SSSR count). The number of hydrogen-bond donors (Lipinski definition) is 1. The monoisotopic (exact) mass is 283 g/mol. The second kappa shape index (κ2) is 5.03. The Balaban J connectivity index is 1.92. The summed E-state index contributed by atoms with van der Waals surface area (Å²) in [7, 11) is 2.04. The maximum atomic E-state index is 6.39. The van der Waals surface area contributed by atoms with Crippen molar-refractivity contribution in [2.45, 2.75) is 31.7 Å². The molecule has 2 aliphatic carbocycles. The Morgan fingerprint density at radius 1 is 1.11 bits per heavy atom. The van der Waals surface area contributed by atoms with Crippen LogP contribution in [0.15, 0.2) is 18.2 Å². The Labute approximate surface area is 119 Å². The lowest BCUT2D eigenvalue weighted by molar-refractivity contribution is 0.300. The van der Waals surface area contributed by atoms with E-state index in [2.05, 4.69) is 11.4 Å². The zero-order valence-electron chi connectivity index (χ0n) is 10.6. The van der Waals surface area contributed by atoms with Crippen LogP contribution in [0.5, 0.6) is 0 Å². The van der Waals surface area contributed by atoms with Crippen molar-refractivity contribution in [3.8, 4) is 0 Å². The molecule has 2 aliphatic rings. The molecule has 1 N–H and O–H groups in total. The molecule has 0 bridgehead atoms. The van der Waals surface area contributed by atoms with Crippen molar-refractivity contribution in [2.75, 3.05) is 7.05 Å². The van der Waals surface area contributed by atoms with Gasteiger partial charge in [0.1, 0.15) is 0 Å². The molecule has 0 aromatic heterocycles. The van der Waals surface area contributed by atoms with Gasteiger partial charge in [0.05, 0.1) is 10.0 Å². The molecule has 3 heteroatoms. The molecule has 0 spiro atoms. The van der Waals surface area contributed by atoms with Crippen LogP contribution in [-0.2, 0) is 0 Å². The van der Waals surface area contributed by atoms with Crippen molar-refractivity contribution in [3.05, 3.63) is 33.8 Å². The zero-order chi connectivity index (χ0) is 12.7. The highest BCUT2D eigenvalue weighted by atomic mass is 35.5. The van der Waals surface area contributed by atoms with Crippen LogP contribution < -0.4 is 5.32 Å². The third kappa shape index (κ3) is 2.41. The van der Waals surface area contributed by atoms with Gasteiger partial charge < -0.3 is 5.32 Å². The predicted octanol–water partition coefficient (Wildman–Crippen LogP) is 4.69. The number of hydrogen-bond acceptors (Lipinski definition) is 1. The molecule has 0 amide bonds. The summed E-state index contributed by atoms with van der Waals surface area (Å²) in [5.41, 5.74) is 1.18. The van der Waals surface area contributed by atoms with Gasteiger partial charge in [-0.3, -0.25) is 0 Å². The Kier molecular flexibility index (Phi) is 3.57. The molecule has 2 saturated carbocycles. The maximum absolute atomic E-state index is 6.39. The molecule has 2 fully saturated rings. The van der Waals surface area contributed by atoms with E-state index in [1.807, 2.05) is 19.2 Å². The third-order valence-electron chi connectivity index (χ3n) is 4.35. The highest BCUT2D eigenvalue weighted by Crippen LogP contribution is 2.54. The summed E-state index contributed by atoms with van der Waals surface area (Å²) in [6.07, 6.45) is 5.55. The fraction of sp³-hybridized carbons (Fsp3) is 0.600. The first-order chi connectivity index (χ1) is 8.72. The van der Waals surface area contributed by atoms with E-state index in [0.717, 1.165) is 22.8 Å². The van der Waals surface area contributed by atoms with Gasteiger partial charge in [-0.1, -0.05) is 35.3 Å². The van der Waals surface area contributed by atoms with Gasteiger partial charge in [-0.05, 0) is 62.1 Å². The number of benzene rings is 1. The standard InChI is InChI=1S/C15H19Cl2N/c1-18-15(11-3-2-4-12(16)14(11)17)13(9-5-6-9)10-7-8-10/h2-4,9-10,13,15,18H,5-8H2,1H3. The summed E-state index contributed by atoms with van der Waals surface area (Å²) >= 11 is 12.5. The molecule has 0 saturated heterocycles. The van der Waals surface area contributed by atoms with E-state index in [1.165, 1.54) is 31.2 Å². The molecular formula is C15H19Cl2N. The normalized spacial score (nSPS) is 21.3. The van der Waals surface area contributed by atoms with E-state index in [-0.39, 0.29) is 0 Å². The van der Waals surface area contributed by atoms with E-state index in [4.69, 9.17) is 23.2 Å². The Hall–Kier alpha value is -0.240. The molecule has 0 radical (unpaired) electrons. The largest absolute Gasteiger partial charge is 0.313 e. The molecule has 1 aromatic carbocycles. The Morgan fingerprint density at radius 2 is 1.72 bits per heavy atom. The number of nitrogens with one attached hydrogen (secondary N) is 1. The van der Waals surface area contributed by atoms with Crippen molar-refractivity contribution in [2.24, 2.45) is 17.8 Å². The van der Waals surface area contributed by atoms with Gasteiger partial charge in [-0.15, -0.1) is 0 Å². The molecule has 1 unspecified atom stereocenters. The van der Waals surface area contributed by atoms with Crippen molar-refractivity contribution in [3.63, 3.8) is 0 Å². The van der Waals surface area contributed by atoms with E-state index in [0.29, 0.717) is 11.1 Å². The summed E-state index contributed by atoms with van der Waals surface area (Å²) < 4.78 is 0. The summed E-state index contributed by atoms with van der Waals surface area (Å²) in [6, 6.07) is 6.34. The van der Waals surface area contributed by atoms with Gasteiger partial charge in [0.2, 0.25) is 0 Å². The van der Waals surface area contributed by atoms with Crippen LogP contribution in [0, 0.1) is 17.8 Å². The highest BCUT2D eigenvalue weighted by Gasteiger charge is 2.45. The minimum absolute atomic E-state index is 0.358. The van der Waals surface area contributed by atoms with Crippen LogP contribution in [0.25, 0.3) is 0 Å². The fourth-order valence-corrected chi connectivity index (χ4v) is 3.63. The van der Waals surface area contributed by atoms with Crippen molar-refractivity contribution < 1.29 is 0 Å². The smallest absolute Gasteiger partial charge is 0.0640 e. The molecule has 0 aliphatic heterocycles. The Morgan fingerprint density at radius 3 is 2.22 bits per heavy atom. The van der Waals surface area contributed by atoms with E-state index in [9.17, 15) is 0 Å². The van der Waals surface area contributed by atoms with Gasteiger partial charge in [0.25, 0.3) is 0 Å². The second-order valence-corrected chi connectivity index (χ2v) is 6.45. The summed E-state index contributed by atoms with van der Waals surface area (Å²) in [6.45, 7) is 0. The van der Waals surface area contributed by atoms with Gasteiger partial charge in [-0.2, -0.15) is 0 Å². The van der Waals surface area contributed by atoms with Crippen LogP contribution in [0.3, 0.4) is 0 Å². The van der Waals surface area contributed by atoms with Crippen molar-refractivity contribution in [1.29, 1.82) is 0 Å². The van der Waals surface area contributed by atoms with E-state index < -0.39 is 0 Å². The number of rotatable bonds is 5. The molecule has 1 atom stereocenters. The molecule has 98 valence electrons. The third-order valence-corrected chi connectivity index (χ3v) is 5.18. The highest BCUT2D eigenvalue weighted by molar-refractivity contribution is 6.42. The summed E-state index contributed by atoms with van der Waals surface area (Å²) in [4.78, 5) is 0. The van der Waals surface area contributed by atoms with Gasteiger partial charge in [-0.25, -0.2) is 0 Å². The second-order valence-electron chi connectivity index (χ2n) is 5.66. The lowest BCUT2D eigenvalue weighted by Gasteiger charge is -2.28. The summed E-state index contributed by atoms with van der Waals surface area (Å²) in [5.74, 6) is 2.53. The van der Waals surface area contributed by atoms with E-state index >= 15 is 0 Å². The first-order valence-electron chi connectivity index (χ1n) is 6.83. The van der Waals surface area contributed by atoms with Crippen LogP contribution in [0.2, 0.25) is 10.0 Å². The lowest BCUT2D eigenvalue weighted by atomic mass is 9.85. The van der Waals surface area contributed by atoms with Gasteiger partial charge >= 0.3 is 0 Å². The zero-order valence-corrected chi connectivity index (χ0v) is 12.1. The fourth-order valence-electron chi connectivity index (χ4n) is 3.21. The van der Waals surface area contributed by atoms with Crippen molar-refractivity contribution >= 4 is 23.2 Å². The van der Waals surface area contributed by atoms with E-state index in [1.54, 1.807) is 0 Å². The first kappa shape index (κ1) is 12.8. The molecule has 1 aromatic rings. The quantitative estimate of drug-likeness (QED) is 0.827. The van der Waals surface area contributed by atoms with Gasteiger partial charge in [0.15, 0.2) is 0 Å². The van der Waals surface area contributed by atoms with Crippen LogP contribution >= 0.6 is 23.2 Å². The minimum atomic E-state index is 0.358.